The minimum absolute atomic E-state index is 0.0469. The van der Waals surface area contributed by atoms with Crippen molar-refractivity contribution in [1.82, 2.24) is 4.90 Å². The first-order chi connectivity index (χ1) is 8.61. The van der Waals surface area contributed by atoms with Gasteiger partial charge in [-0.1, -0.05) is 0 Å². The molecule has 1 unspecified atom stereocenters. The second-order valence-electron chi connectivity index (χ2n) is 4.49. The number of nitrogens with zero attached hydrogens (tertiary/aromatic N) is 1. The van der Waals surface area contributed by atoms with Crippen LogP contribution in [0.3, 0.4) is 0 Å². The molecule has 0 bridgehead atoms. The molecule has 1 saturated heterocycles. The largest absolute Gasteiger partial charge is 0.384 e. The molecule has 18 heavy (non-hydrogen) atoms. The molecule has 0 aromatic heterocycles. The Morgan fingerprint density at radius 3 is 3.06 bits per heavy atom. The van der Waals surface area contributed by atoms with E-state index in [-0.39, 0.29) is 11.7 Å². The van der Waals surface area contributed by atoms with Gasteiger partial charge in [0.05, 0.1) is 11.1 Å². The maximum Gasteiger partial charge on any atom is 0.253 e. The molecule has 2 rings (SSSR count). The van der Waals surface area contributed by atoms with E-state index >= 15 is 0 Å². The molecule has 1 aromatic rings. The number of amides is 1. The second-order valence-corrected chi connectivity index (χ2v) is 5.34. The molecule has 0 aliphatic carbocycles. The molecule has 1 fully saturated rings. The first-order valence-electron chi connectivity index (χ1n) is 5.85. The molecule has 1 aromatic carbocycles. The van der Waals surface area contributed by atoms with E-state index in [9.17, 15) is 9.18 Å². The van der Waals surface area contributed by atoms with Crippen molar-refractivity contribution in [2.75, 3.05) is 26.8 Å². The Balaban J connectivity index is 2.05. The highest BCUT2D eigenvalue weighted by atomic mass is 79.9. The van der Waals surface area contributed by atoms with Gasteiger partial charge in [0.1, 0.15) is 5.82 Å². The van der Waals surface area contributed by atoms with E-state index in [2.05, 4.69) is 15.9 Å². The number of rotatable bonds is 3. The van der Waals surface area contributed by atoms with Gasteiger partial charge in [0.2, 0.25) is 0 Å². The Morgan fingerprint density at radius 1 is 1.61 bits per heavy atom. The number of carbonyl (C=O) groups is 1. The van der Waals surface area contributed by atoms with Gasteiger partial charge < -0.3 is 9.64 Å². The monoisotopic (exact) mass is 315 g/mol. The molecular formula is C13H15BrFNO2. The van der Waals surface area contributed by atoms with Crippen molar-refractivity contribution in [2.45, 2.75) is 6.42 Å². The Kier molecular flexibility index (Phi) is 4.35. The Bertz CT molecular complexity index is 453. The molecule has 5 heteroatoms. The molecule has 1 atom stereocenters. The van der Waals surface area contributed by atoms with E-state index in [0.29, 0.717) is 29.1 Å². The lowest BCUT2D eigenvalue weighted by Crippen LogP contribution is -2.29. The number of hydrogen-bond donors (Lipinski definition) is 0. The number of halogens is 2. The van der Waals surface area contributed by atoms with Crippen molar-refractivity contribution in [3.05, 3.63) is 34.1 Å². The van der Waals surface area contributed by atoms with Crippen LogP contribution in [0.15, 0.2) is 22.7 Å². The third-order valence-corrected chi connectivity index (χ3v) is 3.75. The fraction of sp³-hybridized carbons (Fsp3) is 0.462. The molecule has 1 heterocycles. The van der Waals surface area contributed by atoms with Crippen LogP contribution in [0.5, 0.6) is 0 Å². The molecule has 1 aliphatic rings. The van der Waals surface area contributed by atoms with Crippen LogP contribution in [0.4, 0.5) is 4.39 Å². The lowest BCUT2D eigenvalue weighted by molar-refractivity contribution is 0.0775. The van der Waals surface area contributed by atoms with Gasteiger partial charge in [-0.3, -0.25) is 4.79 Å². The molecule has 1 amide bonds. The van der Waals surface area contributed by atoms with Crippen LogP contribution >= 0.6 is 15.9 Å². The molecule has 0 spiro atoms. The lowest BCUT2D eigenvalue weighted by Gasteiger charge is -2.16. The SMILES string of the molecule is COCC1CCN(C(=O)c2ccc(F)c(Br)c2)C1. The molecule has 0 radical (unpaired) electrons. The van der Waals surface area contributed by atoms with Crippen LogP contribution in [-0.2, 0) is 4.74 Å². The van der Waals surface area contributed by atoms with Gasteiger partial charge in [0.25, 0.3) is 5.91 Å². The maximum atomic E-state index is 13.1. The summed E-state index contributed by atoms with van der Waals surface area (Å²) in [7, 11) is 1.67. The normalized spacial score (nSPS) is 19.3. The van der Waals surface area contributed by atoms with Crippen LogP contribution in [0.1, 0.15) is 16.8 Å². The molecule has 3 nitrogen and oxygen atoms in total. The predicted octanol–water partition coefficient (Wildman–Crippen LogP) is 2.70. The maximum absolute atomic E-state index is 13.1. The van der Waals surface area contributed by atoms with Crippen molar-refractivity contribution in [2.24, 2.45) is 5.92 Å². The molecule has 1 aliphatic heterocycles. The van der Waals surface area contributed by atoms with Crippen molar-refractivity contribution in [3.63, 3.8) is 0 Å². The summed E-state index contributed by atoms with van der Waals surface area (Å²) >= 11 is 3.09. The third kappa shape index (κ3) is 2.90. The number of benzene rings is 1. The zero-order chi connectivity index (χ0) is 13.1. The minimum Gasteiger partial charge on any atom is -0.384 e. The molecule has 0 N–H and O–H groups in total. The molecule has 98 valence electrons. The number of likely N-dealkylation sites (tertiary alicyclic amines) is 1. The zero-order valence-electron chi connectivity index (χ0n) is 10.2. The Labute approximate surface area is 114 Å². The van der Waals surface area contributed by atoms with E-state index in [4.69, 9.17) is 4.74 Å². The van der Waals surface area contributed by atoms with E-state index in [1.54, 1.807) is 12.0 Å². The Hall–Kier alpha value is -0.940. The average Bonchev–Trinajstić information content (AvgIpc) is 2.81. The summed E-state index contributed by atoms with van der Waals surface area (Å²) < 4.78 is 18.5. The van der Waals surface area contributed by atoms with Gasteiger partial charge >= 0.3 is 0 Å². The summed E-state index contributed by atoms with van der Waals surface area (Å²) in [6.45, 7) is 2.13. The standard InChI is InChI=1S/C13H15BrFNO2/c1-18-8-9-4-5-16(7-9)13(17)10-2-3-12(15)11(14)6-10/h2-3,6,9H,4-5,7-8H2,1H3. The van der Waals surface area contributed by atoms with Crippen LogP contribution in [0.25, 0.3) is 0 Å². The van der Waals surface area contributed by atoms with E-state index in [0.717, 1.165) is 13.0 Å². The van der Waals surface area contributed by atoms with Crippen molar-refractivity contribution >= 4 is 21.8 Å². The smallest absolute Gasteiger partial charge is 0.253 e. The molecular weight excluding hydrogens is 301 g/mol. The quantitative estimate of drug-likeness (QED) is 0.858. The second kappa shape index (κ2) is 5.80. The minimum atomic E-state index is -0.356. The van der Waals surface area contributed by atoms with Gasteiger partial charge in [-0.15, -0.1) is 0 Å². The number of carbonyl (C=O) groups excluding carboxylic acids is 1. The highest BCUT2D eigenvalue weighted by Gasteiger charge is 2.27. The summed E-state index contributed by atoms with van der Waals surface area (Å²) in [5.74, 6) is 0.00220. The van der Waals surface area contributed by atoms with Crippen molar-refractivity contribution in [3.8, 4) is 0 Å². The van der Waals surface area contributed by atoms with E-state index in [1.165, 1.54) is 18.2 Å². The van der Waals surface area contributed by atoms with Gasteiger partial charge in [0, 0.05) is 31.7 Å². The summed E-state index contributed by atoms with van der Waals surface area (Å²) in [6.07, 6.45) is 0.960. The first kappa shape index (κ1) is 13.5. The van der Waals surface area contributed by atoms with E-state index in [1.807, 2.05) is 0 Å². The van der Waals surface area contributed by atoms with E-state index < -0.39 is 0 Å². The summed E-state index contributed by atoms with van der Waals surface area (Å²) in [4.78, 5) is 14.0. The van der Waals surface area contributed by atoms with Crippen molar-refractivity contribution in [1.29, 1.82) is 0 Å². The van der Waals surface area contributed by atoms with Gasteiger partial charge in [0.15, 0.2) is 0 Å². The van der Waals surface area contributed by atoms with Gasteiger partial charge in [-0.2, -0.15) is 0 Å². The summed E-state index contributed by atoms with van der Waals surface area (Å²) in [5.41, 5.74) is 0.515. The van der Waals surface area contributed by atoms with Crippen molar-refractivity contribution < 1.29 is 13.9 Å². The Morgan fingerprint density at radius 2 is 2.39 bits per heavy atom. The third-order valence-electron chi connectivity index (χ3n) is 3.14. The van der Waals surface area contributed by atoms with Crippen LogP contribution in [0.2, 0.25) is 0 Å². The topological polar surface area (TPSA) is 29.5 Å². The fourth-order valence-corrected chi connectivity index (χ4v) is 2.58. The fourth-order valence-electron chi connectivity index (χ4n) is 2.20. The zero-order valence-corrected chi connectivity index (χ0v) is 11.7. The number of methoxy groups -OCH3 is 1. The van der Waals surface area contributed by atoms with Crippen LogP contribution < -0.4 is 0 Å². The lowest BCUT2D eigenvalue weighted by atomic mass is 10.1. The first-order valence-corrected chi connectivity index (χ1v) is 6.64. The number of hydrogen-bond acceptors (Lipinski definition) is 2. The van der Waals surface area contributed by atoms with Crippen LogP contribution in [0, 0.1) is 11.7 Å². The van der Waals surface area contributed by atoms with Crippen LogP contribution in [-0.4, -0.2) is 37.6 Å². The predicted molar refractivity (Wildman–Crippen MR) is 70.0 cm³/mol. The highest BCUT2D eigenvalue weighted by Crippen LogP contribution is 2.22. The summed E-state index contributed by atoms with van der Waals surface area (Å²) in [5, 5.41) is 0. The van der Waals surface area contributed by atoms with Gasteiger partial charge in [-0.25, -0.2) is 4.39 Å². The number of ether oxygens (including phenoxy) is 1. The molecule has 0 saturated carbocycles. The average molecular weight is 316 g/mol. The highest BCUT2D eigenvalue weighted by molar-refractivity contribution is 9.10. The van der Waals surface area contributed by atoms with Gasteiger partial charge in [-0.05, 0) is 40.5 Å². The summed E-state index contributed by atoms with van der Waals surface area (Å²) in [6, 6.07) is 4.35.